The van der Waals surface area contributed by atoms with Gasteiger partial charge in [0.2, 0.25) is 0 Å². The molecule has 2 aromatic carbocycles. The number of hydrogen-bond donors (Lipinski definition) is 2. The minimum atomic E-state index is -0.854. The molecule has 0 spiro atoms. The molecule has 1 fully saturated rings. The molecule has 1 atom stereocenters. The van der Waals surface area contributed by atoms with Crippen molar-refractivity contribution in [3.05, 3.63) is 70.0 Å². The number of halogens is 2. The van der Waals surface area contributed by atoms with Crippen LogP contribution in [0.15, 0.2) is 48.0 Å². The molecule has 1 aliphatic heterocycles. The highest BCUT2D eigenvalue weighted by Crippen LogP contribution is 2.41. The summed E-state index contributed by atoms with van der Waals surface area (Å²) in [6, 6.07) is 8.48. The van der Waals surface area contributed by atoms with Crippen molar-refractivity contribution in [1.82, 2.24) is 4.90 Å². The Balaban J connectivity index is 2.20. The third-order valence-electron chi connectivity index (χ3n) is 4.41. The number of Topliss-reactive ketones (excluding diaryl/α,β-unsaturated/α-hetero) is 1. The van der Waals surface area contributed by atoms with Crippen molar-refractivity contribution < 1.29 is 24.2 Å². The Hall–Kier alpha value is -2.86. The topological polar surface area (TPSA) is 77.8 Å². The average molecular weight is 390 g/mol. The maximum atomic E-state index is 13.2. The second-order valence-electron chi connectivity index (χ2n) is 6.21. The van der Waals surface area contributed by atoms with E-state index in [1.54, 1.807) is 6.07 Å². The highest BCUT2D eigenvalue weighted by molar-refractivity contribution is 6.46. The van der Waals surface area contributed by atoms with Gasteiger partial charge in [-0.25, -0.2) is 4.39 Å². The summed E-state index contributed by atoms with van der Waals surface area (Å²) >= 11 is 5.99. The van der Waals surface area contributed by atoms with Gasteiger partial charge in [0.05, 0.1) is 16.6 Å². The van der Waals surface area contributed by atoms with E-state index in [9.17, 15) is 24.2 Å². The van der Waals surface area contributed by atoms with Gasteiger partial charge in [-0.1, -0.05) is 24.6 Å². The van der Waals surface area contributed by atoms with Crippen LogP contribution in [0.3, 0.4) is 0 Å². The molecule has 140 valence electrons. The number of rotatable bonds is 4. The lowest BCUT2D eigenvalue weighted by Crippen LogP contribution is -2.30. The molecule has 7 heteroatoms. The standard InChI is InChI=1S/C20H17ClFNO4/c1-2-9-23-17(12-5-8-15(24)14(21)10-12)16(19(26)20(23)27)18(25)11-3-6-13(22)7-4-11/h3-8,10,17,24-25H,2,9H2,1H3/b18-16-. The maximum absolute atomic E-state index is 13.2. The number of nitrogens with zero attached hydrogens (tertiary/aromatic N) is 1. The highest BCUT2D eigenvalue weighted by Gasteiger charge is 2.45. The molecule has 1 saturated heterocycles. The van der Waals surface area contributed by atoms with E-state index < -0.39 is 23.5 Å². The number of aliphatic hydroxyl groups excluding tert-OH is 1. The van der Waals surface area contributed by atoms with E-state index in [1.807, 2.05) is 6.92 Å². The Morgan fingerprint density at radius 3 is 2.44 bits per heavy atom. The van der Waals surface area contributed by atoms with Gasteiger partial charge in [0.15, 0.2) is 0 Å². The van der Waals surface area contributed by atoms with Crippen molar-refractivity contribution >= 4 is 29.1 Å². The molecule has 5 nitrogen and oxygen atoms in total. The number of benzene rings is 2. The van der Waals surface area contributed by atoms with Crippen LogP contribution >= 0.6 is 11.6 Å². The normalized spacial score (nSPS) is 18.9. The molecular formula is C20H17ClFNO4. The Morgan fingerprint density at radius 2 is 1.85 bits per heavy atom. The van der Waals surface area contributed by atoms with Gasteiger partial charge < -0.3 is 15.1 Å². The number of aromatic hydroxyl groups is 1. The monoisotopic (exact) mass is 389 g/mol. The number of carbonyl (C=O) groups excluding carboxylic acids is 2. The van der Waals surface area contributed by atoms with Crippen LogP contribution in [0.1, 0.15) is 30.5 Å². The van der Waals surface area contributed by atoms with Gasteiger partial charge in [-0.3, -0.25) is 9.59 Å². The summed E-state index contributed by atoms with van der Waals surface area (Å²) in [6.07, 6.45) is 0.603. The minimum Gasteiger partial charge on any atom is -0.507 e. The van der Waals surface area contributed by atoms with Crippen LogP contribution in [0.4, 0.5) is 4.39 Å². The molecule has 0 aliphatic carbocycles. The predicted octanol–water partition coefficient (Wildman–Crippen LogP) is 4.02. The van der Waals surface area contributed by atoms with E-state index in [2.05, 4.69) is 0 Å². The summed E-state index contributed by atoms with van der Waals surface area (Å²) in [5.74, 6) is -2.55. The molecule has 0 bridgehead atoms. The number of phenolic OH excluding ortho intramolecular Hbond substituents is 1. The van der Waals surface area contributed by atoms with Crippen LogP contribution in [0.2, 0.25) is 5.02 Å². The van der Waals surface area contributed by atoms with E-state index in [-0.39, 0.29) is 27.7 Å². The second kappa shape index (κ2) is 7.40. The fraction of sp³-hybridized carbons (Fsp3) is 0.200. The molecule has 2 aromatic rings. The Labute approximate surface area is 160 Å². The van der Waals surface area contributed by atoms with E-state index in [1.165, 1.54) is 29.2 Å². The zero-order chi connectivity index (χ0) is 19.7. The van der Waals surface area contributed by atoms with E-state index >= 15 is 0 Å². The molecular weight excluding hydrogens is 373 g/mol. The van der Waals surface area contributed by atoms with E-state index in [0.717, 1.165) is 12.1 Å². The molecule has 27 heavy (non-hydrogen) atoms. The average Bonchev–Trinajstić information content (AvgIpc) is 2.89. The van der Waals surface area contributed by atoms with Gasteiger partial charge in [0.25, 0.3) is 11.7 Å². The molecule has 1 aliphatic rings. The maximum Gasteiger partial charge on any atom is 0.295 e. The first-order valence-corrected chi connectivity index (χ1v) is 8.75. The zero-order valence-electron chi connectivity index (χ0n) is 14.4. The highest BCUT2D eigenvalue weighted by atomic mass is 35.5. The number of carbonyl (C=O) groups is 2. The van der Waals surface area contributed by atoms with E-state index in [4.69, 9.17) is 11.6 Å². The lowest BCUT2D eigenvalue weighted by Gasteiger charge is -2.25. The fourth-order valence-corrected chi connectivity index (χ4v) is 3.34. The quantitative estimate of drug-likeness (QED) is 0.470. The van der Waals surface area contributed by atoms with Gasteiger partial charge in [0.1, 0.15) is 17.3 Å². The largest absolute Gasteiger partial charge is 0.507 e. The first kappa shape index (κ1) is 18.9. The van der Waals surface area contributed by atoms with Gasteiger partial charge in [-0.2, -0.15) is 0 Å². The smallest absolute Gasteiger partial charge is 0.295 e. The fourth-order valence-electron chi connectivity index (χ4n) is 3.15. The number of hydrogen-bond acceptors (Lipinski definition) is 4. The van der Waals surface area contributed by atoms with Crippen LogP contribution in [0.25, 0.3) is 5.76 Å². The number of phenols is 1. The van der Waals surface area contributed by atoms with Crippen LogP contribution in [0.5, 0.6) is 5.75 Å². The lowest BCUT2D eigenvalue weighted by molar-refractivity contribution is -0.139. The minimum absolute atomic E-state index is 0.0661. The van der Waals surface area contributed by atoms with Crippen molar-refractivity contribution in [1.29, 1.82) is 0 Å². The van der Waals surface area contributed by atoms with Gasteiger partial charge in [0, 0.05) is 12.1 Å². The van der Waals surface area contributed by atoms with Crippen molar-refractivity contribution in [3.63, 3.8) is 0 Å². The predicted molar refractivity (Wildman–Crippen MR) is 98.8 cm³/mol. The molecule has 0 radical (unpaired) electrons. The van der Waals surface area contributed by atoms with Gasteiger partial charge in [-0.15, -0.1) is 0 Å². The summed E-state index contributed by atoms with van der Waals surface area (Å²) in [7, 11) is 0. The molecule has 0 saturated carbocycles. The van der Waals surface area contributed by atoms with Crippen molar-refractivity contribution in [2.24, 2.45) is 0 Å². The zero-order valence-corrected chi connectivity index (χ0v) is 15.2. The van der Waals surface area contributed by atoms with Gasteiger partial charge >= 0.3 is 0 Å². The third-order valence-corrected chi connectivity index (χ3v) is 4.71. The third kappa shape index (κ3) is 3.40. The van der Waals surface area contributed by atoms with Crippen LogP contribution < -0.4 is 0 Å². The lowest BCUT2D eigenvalue weighted by atomic mass is 9.95. The van der Waals surface area contributed by atoms with Gasteiger partial charge in [-0.05, 0) is 48.4 Å². The van der Waals surface area contributed by atoms with E-state index in [0.29, 0.717) is 18.5 Å². The summed E-state index contributed by atoms with van der Waals surface area (Å²) in [5.41, 5.74) is 0.608. The van der Waals surface area contributed by atoms with Crippen LogP contribution in [-0.4, -0.2) is 33.3 Å². The van der Waals surface area contributed by atoms with Crippen molar-refractivity contribution in [2.45, 2.75) is 19.4 Å². The second-order valence-corrected chi connectivity index (χ2v) is 6.62. The van der Waals surface area contributed by atoms with Crippen LogP contribution in [-0.2, 0) is 9.59 Å². The molecule has 1 amide bonds. The summed E-state index contributed by atoms with van der Waals surface area (Å²) in [4.78, 5) is 26.5. The van der Waals surface area contributed by atoms with Crippen LogP contribution in [0, 0.1) is 5.82 Å². The first-order valence-electron chi connectivity index (χ1n) is 8.38. The summed E-state index contributed by atoms with van der Waals surface area (Å²) in [6.45, 7) is 2.16. The SMILES string of the molecule is CCCN1C(=O)C(=O)/C(=C(\O)c2ccc(F)cc2)C1c1ccc(O)c(Cl)c1. The molecule has 1 heterocycles. The van der Waals surface area contributed by atoms with Crippen molar-refractivity contribution in [3.8, 4) is 5.75 Å². The number of likely N-dealkylation sites (tertiary alicyclic amines) is 1. The number of amides is 1. The Kier molecular flexibility index (Phi) is 5.19. The summed E-state index contributed by atoms with van der Waals surface area (Å²) in [5, 5.41) is 20.4. The molecule has 1 unspecified atom stereocenters. The molecule has 2 N–H and O–H groups in total. The Morgan fingerprint density at radius 1 is 1.19 bits per heavy atom. The van der Waals surface area contributed by atoms with Crippen molar-refractivity contribution in [2.75, 3.05) is 6.54 Å². The molecule has 3 rings (SSSR count). The molecule has 0 aromatic heterocycles. The Bertz CT molecular complexity index is 939. The number of aliphatic hydroxyl groups is 1. The summed E-state index contributed by atoms with van der Waals surface area (Å²) < 4.78 is 13.2. The first-order chi connectivity index (χ1) is 12.8. The number of ketones is 1.